The van der Waals surface area contributed by atoms with Crippen molar-refractivity contribution < 1.29 is 18.3 Å². The Kier molecular flexibility index (Phi) is 6.38. The first-order valence-corrected chi connectivity index (χ1v) is 13.2. The maximum absolute atomic E-state index is 14.0. The van der Waals surface area contributed by atoms with Gasteiger partial charge in [-0.3, -0.25) is 9.78 Å². The Hall–Kier alpha value is -3.52. The van der Waals surface area contributed by atoms with Crippen LogP contribution in [0.3, 0.4) is 0 Å². The van der Waals surface area contributed by atoms with E-state index in [2.05, 4.69) is 4.98 Å². The van der Waals surface area contributed by atoms with Crippen LogP contribution in [0.5, 0.6) is 0 Å². The van der Waals surface area contributed by atoms with Crippen molar-refractivity contribution in [2.24, 2.45) is 0 Å². The minimum Gasteiger partial charge on any atom is -0.480 e. The molecule has 1 N–H and O–H groups in total. The van der Waals surface area contributed by atoms with Gasteiger partial charge in [0.15, 0.2) is 0 Å². The topological polar surface area (TPSA) is 87.6 Å². The Morgan fingerprint density at radius 3 is 2.11 bits per heavy atom. The number of carbonyl (C=O) groups is 1. The third-order valence-corrected chi connectivity index (χ3v) is 8.76. The summed E-state index contributed by atoms with van der Waals surface area (Å²) in [5.74, 6) is -1.64. The van der Waals surface area contributed by atoms with Gasteiger partial charge in [0, 0.05) is 17.1 Å². The Labute approximate surface area is 214 Å². The van der Waals surface area contributed by atoms with Crippen molar-refractivity contribution in [1.82, 2.24) is 9.29 Å². The van der Waals surface area contributed by atoms with Crippen molar-refractivity contribution in [3.8, 4) is 11.1 Å². The van der Waals surface area contributed by atoms with E-state index in [1.165, 1.54) is 12.1 Å². The van der Waals surface area contributed by atoms with Crippen LogP contribution in [0.25, 0.3) is 11.1 Å². The SMILES string of the molecule is O=C(O)[C@@]1(N(Cc2ccccn2)S(=O)(=O)c2ccc(-c3ccc(Cl)cc3)cc2)C[C@H]1c1ccccc1. The minimum absolute atomic E-state index is 0.0236. The molecule has 0 radical (unpaired) electrons. The average Bonchev–Trinajstić information content (AvgIpc) is 3.66. The van der Waals surface area contributed by atoms with Gasteiger partial charge in [0.2, 0.25) is 10.0 Å². The van der Waals surface area contributed by atoms with Gasteiger partial charge in [0.05, 0.1) is 17.1 Å². The van der Waals surface area contributed by atoms with Gasteiger partial charge in [0.25, 0.3) is 0 Å². The molecule has 1 aliphatic rings. The van der Waals surface area contributed by atoms with Gasteiger partial charge in [-0.25, -0.2) is 8.42 Å². The summed E-state index contributed by atoms with van der Waals surface area (Å²) in [5.41, 5.74) is 1.37. The first kappa shape index (κ1) is 24.2. The highest BCUT2D eigenvalue weighted by molar-refractivity contribution is 7.89. The van der Waals surface area contributed by atoms with E-state index in [0.717, 1.165) is 21.0 Å². The smallest absolute Gasteiger partial charge is 0.325 e. The van der Waals surface area contributed by atoms with Gasteiger partial charge in [-0.1, -0.05) is 72.3 Å². The lowest BCUT2D eigenvalue weighted by atomic mass is 10.1. The van der Waals surface area contributed by atoms with E-state index in [1.54, 1.807) is 48.7 Å². The summed E-state index contributed by atoms with van der Waals surface area (Å²) in [6.45, 7) is -0.155. The van der Waals surface area contributed by atoms with Gasteiger partial charge in [-0.05, 0) is 59.5 Å². The van der Waals surface area contributed by atoms with Gasteiger partial charge >= 0.3 is 5.97 Å². The fourth-order valence-corrected chi connectivity index (χ4v) is 6.49. The van der Waals surface area contributed by atoms with Crippen molar-refractivity contribution in [3.63, 3.8) is 0 Å². The lowest BCUT2D eigenvalue weighted by molar-refractivity contribution is -0.143. The quantitative estimate of drug-likeness (QED) is 0.328. The molecule has 182 valence electrons. The number of nitrogens with zero attached hydrogens (tertiary/aromatic N) is 2. The number of carboxylic acid groups (broad SMARTS) is 1. The van der Waals surface area contributed by atoms with E-state index in [-0.39, 0.29) is 17.9 Å². The number of aliphatic carboxylic acids is 1. The predicted molar refractivity (Wildman–Crippen MR) is 138 cm³/mol. The Morgan fingerprint density at radius 2 is 1.53 bits per heavy atom. The van der Waals surface area contributed by atoms with Crippen LogP contribution in [0.15, 0.2) is 108 Å². The lowest BCUT2D eigenvalue weighted by Crippen LogP contribution is -2.48. The van der Waals surface area contributed by atoms with E-state index < -0.39 is 27.4 Å². The summed E-state index contributed by atoms with van der Waals surface area (Å²) >= 11 is 5.98. The molecule has 3 aromatic carbocycles. The molecule has 1 heterocycles. The second-order valence-corrected chi connectivity index (χ2v) is 11.1. The molecular formula is C28H23ClN2O4S. The number of sulfonamides is 1. The lowest BCUT2D eigenvalue weighted by Gasteiger charge is -2.29. The normalized spacial score (nSPS) is 19.2. The van der Waals surface area contributed by atoms with E-state index in [9.17, 15) is 18.3 Å². The summed E-state index contributed by atoms with van der Waals surface area (Å²) < 4.78 is 29.1. The van der Waals surface area contributed by atoms with Crippen molar-refractivity contribution in [1.29, 1.82) is 0 Å². The van der Waals surface area contributed by atoms with E-state index >= 15 is 0 Å². The largest absolute Gasteiger partial charge is 0.480 e. The van der Waals surface area contributed by atoms with E-state index in [4.69, 9.17) is 11.6 Å². The van der Waals surface area contributed by atoms with Crippen molar-refractivity contribution in [2.45, 2.75) is 29.3 Å². The zero-order valence-electron chi connectivity index (χ0n) is 19.2. The molecule has 1 fully saturated rings. The standard InChI is InChI=1S/C28H23ClN2O4S/c29-23-13-9-20(10-14-23)21-11-15-25(16-12-21)36(34,35)31(19-24-8-4-5-17-30-24)28(27(32)33)18-26(28)22-6-2-1-3-7-22/h1-17,26H,18-19H2,(H,32,33)/t26-,28+/m0/s1. The Bertz CT molecular complexity index is 1480. The molecule has 0 spiro atoms. The number of carboxylic acids is 1. The molecule has 1 saturated carbocycles. The molecule has 36 heavy (non-hydrogen) atoms. The third kappa shape index (κ3) is 4.41. The number of hydrogen-bond acceptors (Lipinski definition) is 4. The number of pyridine rings is 1. The van der Waals surface area contributed by atoms with Gasteiger partial charge < -0.3 is 5.11 Å². The molecule has 8 heteroatoms. The number of benzene rings is 3. The highest BCUT2D eigenvalue weighted by atomic mass is 35.5. The second-order valence-electron chi connectivity index (χ2n) is 8.76. The van der Waals surface area contributed by atoms with E-state index in [0.29, 0.717) is 10.7 Å². The summed E-state index contributed by atoms with van der Waals surface area (Å²) in [6.07, 6.45) is 1.75. The maximum atomic E-state index is 14.0. The number of halogens is 1. The van der Waals surface area contributed by atoms with Crippen LogP contribution < -0.4 is 0 Å². The molecule has 0 saturated heterocycles. The number of hydrogen-bond donors (Lipinski definition) is 1. The molecule has 0 amide bonds. The first-order valence-electron chi connectivity index (χ1n) is 11.4. The van der Waals surface area contributed by atoms with Crippen LogP contribution in [-0.4, -0.2) is 34.3 Å². The summed E-state index contributed by atoms with van der Waals surface area (Å²) in [6, 6.07) is 28.0. The van der Waals surface area contributed by atoms with Crippen LogP contribution in [0.2, 0.25) is 5.02 Å². The Balaban J connectivity index is 1.56. The number of rotatable bonds is 8. The van der Waals surface area contributed by atoms with E-state index in [1.807, 2.05) is 42.5 Å². The molecular weight excluding hydrogens is 496 g/mol. The van der Waals surface area contributed by atoms with Gasteiger partial charge in [-0.2, -0.15) is 4.31 Å². The zero-order chi connectivity index (χ0) is 25.3. The summed E-state index contributed by atoms with van der Waals surface area (Å²) in [4.78, 5) is 17.0. The zero-order valence-corrected chi connectivity index (χ0v) is 20.7. The fourth-order valence-electron chi connectivity index (χ4n) is 4.62. The molecule has 5 rings (SSSR count). The molecule has 0 bridgehead atoms. The second kappa shape index (κ2) is 9.50. The first-order chi connectivity index (χ1) is 17.3. The van der Waals surface area contributed by atoms with Gasteiger partial charge in [0.1, 0.15) is 5.54 Å². The fraction of sp³-hybridized carbons (Fsp3) is 0.143. The third-order valence-electron chi connectivity index (χ3n) is 6.60. The van der Waals surface area contributed by atoms with Crippen LogP contribution in [0, 0.1) is 0 Å². The molecule has 6 nitrogen and oxygen atoms in total. The molecule has 2 atom stereocenters. The van der Waals surface area contributed by atoms with Crippen LogP contribution in [-0.2, 0) is 21.4 Å². The minimum atomic E-state index is -4.19. The van der Waals surface area contributed by atoms with Crippen LogP contribution in [0.4, 0.5) is 0 Å². The molecule has 0 unspecified atom stereocenters. The molecule has 1 aromatic heterocycles. The summed E-state index contributed by atoms with van der Waals surface area (Å²) in [5, 5.41) is 11.0. The van der Waals surface area contributed by atoms with Crippen molar-refractivity contribution in [2.75, 3.05) is 0 Å². The maximum Gasteiger partial charge on any atom is 0.325 e. The van der Waals surface area contributed by atoms with Crippen molar-refractivity contribution >= 4 is 27.6 Å². The molecule has 0 aliphatic heterocycles. The molecule has 1 aliphatic carbocycles. The van der Waals surface area contributed by atoms with Crippen molar-refractivity contribution in [3.05, 3.63) is 120 Å². The highest BCUT2D eigenvalue weighted by Crippen LogP contribution is 2.57. The Morgan fingerprint density at radius 1 is 0.917 bits per heavy atom. The number of aromatic nitrogens is 1. The summed E-state index contributed by atoms with van der Waals surface area (Å²) in [7, 11) is -4.19. The monoisotopic (exact) mass is 518 g/mol. The van der Waals surface area contributed by atoms with Crippen LogP contribution >= 0.6 is 11.6 Å². The average molecular weight is 519 g/mol. The van der Waals surface area contributed by atoms with Gasteiger partial charge in [-0.15, -0.1) is 0 Å². The highest BCUT2D eigenvalue weighted by Gasteiger charge is 2.68. The predicted octanol–water partition coefficient (Wildman–Crippen LogP) is 5.60. The van der Waals surface area contributed by atoms with Crippen LogP contribution in [0.1, 0.15) is 23.6 Å². The molecule has 4 aromatic rings.